The highest BCUT2D eigenvalue weighted by molar-refractivity contribution is 5.70. The van der Waals surface area contributed by atoms with Crippen LogP contribution in [0.4, 0.5) is 0 Å². The fourth-order valence-electron chi connectivity index (χ4n) is 9.47. The van der Waals surface area contributed by atoms with Crippen molar-refractivity contribution in [3.63, 3.8) is 0 Å². The van der Waals surface area contributed by atoms with Gasteiger partial charge in [0.05, 0.1) is 24.2 Å². The normalized spacial score (nSPS) is 49.6. The average molecular weight is 531 g/mol. The fourth-order valence-corrected chi connectivity index (χ4v) is 9.47. The molecule has 5 N–H and O–H groups in total. The van der Waals surface area contributed by atoms with Crippen LogP contribution in [-0.2, 0) is 9.63 Å². The zero-order valence-electron chi connectivity index (χ0n) is 22.7. The fraction of sp³-hybridized carbons (Fsp3) is 0.793. The molecule has 4 fully saturated rings. The van der Waals surface area contributed by atoms with Crippen LogP contribution in [0.1, 0.15) is 59.8 Å². The summed E-state index contributed by atoms with van der Waals surface area (Å²) in [5, 5.41) is 65.6. The number of carboxylic acids is 1. The monoisotopic (exact) mass is 530 g/mol. The quantitative estimate of drug-likeness (QED) is 0.257. The Kier molecular flexibility index (Phi) is 6.56. The Morgan fingerprint density at radius 1 is 1.16 bits per heavy atom. The van der Waals surface area contributed by atoms with Crippen molar-refractivity contribution in [3.05, 3.63) is 24.3 Å². The van der Waals surface area contributed by atoms with E-state index >= 15 is 0 Å². The number of carboxylic acid groups (broad SMARTS) is 1. The number of hydroxylamine groups is 2. The molecule has 1 unspecified atom stereocenters. The summed E-state index contributed by atoms with van der Waals surface area (Å²) in [6, 6.07) is 0. The van der Waals surface area contributed by atoms with Crippen LogP contribution < -0.4 is 0 Å². The third-order valence-electron chi connectivity index (χ3n) is 11.7. The molecule has 2 bridgehead atoms. The van der Waals surface area contributed by atoms with Gasteiger partial charge < -0.3 is 25.5 Å². The second-order valence-electron chi connectivity index (χ2n) is 13.1. The topological polar surface area (TPSA) is 154 Å². The van der Waals surface area contributed by atoms with Crippen molar-refractivity contribution in [1.82, 2.24) is 5.06 Å². The number of nitrogens with zero attached hydrogens (tertiary/aromatic N) is 2. The lowest BCUT2D eigenvalue weighted by atomic mass is 9.41. The van der Waals surface area contributed by atoms with E-state index in [4.69, 9.17) is 4.84 Å². The van der Waals surface area contributed by atoms with Crippen molar-refractivity contribution in [1.29, 1.82) is 5.26 Å². The number of hydrogen-bond donors (Lipinski definition) is 5. The van der Waals surface area contributed by atoms with E-state index in [1.165, 1.54) is 5.06 Å². The summed E-state index contributed by atoms with van der Waals surface area (Å²) < 4.78 is 0. The molecule has 0 aromatic rings. The first-order chi connectivity index (χ1) is 17.8. The van der Waals surface area contributed by atoms with Gasteiger partial charge in [-0.2, -0.15) is 10.3 Å². The van der Waals surface area contributed by atoms with Crippen molar-refractivity contribution in [2.45, 2.75) is 89.3 Å². The second kappa shape index (κ2) is 9.03. The van der Waals surface area contributed by atoms with E-state index in [0.717, 1.165) is 0 Å². The molecule has 0 radical (unpaired) electrons. The SMILES string of the molecule is CC(C(=O)O)[C@@H](C)/C=C/[C@@H](C)[C@H]1[C@@H](O)[C@@H](O)[C@@H]2[C@]1(CO)CC[C@H]1[C@]23C=C[C@]2(C[C@@H](O)CC[C@]12C)N(C#N)O3. The molecule has 1 saturated heterocycles. The molecule has 9 heteroatoms. The maximum Gasteiger partial charge on any atom is 0.306 e. The molecule has 9 nitrogen and oxygen atoms in total. The first-order valence-corrected chi connectivity index (χ1v) is 14.0. The van der Waals surface area contributed by atoms with Crippen LogP contribution in [0.3, 0.4) is 0 Å². The van der Waals surface area contributed by atoms with Crippen LogP contribution in [0.5, 0.6) is 0 Å². The smallest absolute Gasteiger partial charge is 0.306 e. The molecular weight excluding hydrogens is 488 g/mol. The van der Waals surface area contributed by atoms with Gasteiger partial charge in [0.1, 0.15) is 11.1 Å². The van der Waals surface area contributed by atoms with Crippen LogP contribution in [0.25, 0.3) is 0 Å². The standard InChI is InChI=1S/C29H42N2O7/c1-16(18(3)25(36)37)5-6-17(2)21-22(34)23(35)24-27(21,14-32)10-8-20-26(4)9-7-19(33)13-28(26)11-12-29(20,24)38-31(28)15-30/h5-6,11-12,16-24,32-35H,7-10,13-14H2,1-4H3,(H,36,37)/b6-5+/t16-,17+,18?,19-,20+,21-,22+,23+,24+,26+,27-,28+,29+/m0/s1. The molecule has 6 aliphatic rings. The summed E-state index contributed by atoms with van der Waals surface area (Å²) in [6.07, 6.45) is 10.0. The van der Waals surface area contributed by atoms with Crippen LogP contribution in [0.2, 0.25) is 0 Å². The summed E-state index contributed by atoms with van der Waals surface area (Å²) in [5.41, 5.74) is -3.12. The second-order valence-corrected chi connectivity index (χ2v) is 13.1. The van der Waals surface area contributed by atoms with Crippen molar-refractivity contribution < 1.29 is 35.2 Å². The number of hydrogen-bond acceptors (Lipinski definition) is 8. The predicted octanol–water partition coefficient (Wildman–Crippen LogP) is 2.22. The molecule has 0 aromatic heterocycles. The zero-order valence-corrected chi connectivity index (χ0v) is 22.7. The maximum atomic E-state index is 11.7. The van der Waals surface area contributed by atoms with Crippen LogP contribution in [0, 0.1) is 57.8 Å². The van der Waals surface area contributed by atoms with Crippen molar-refractivity contribution in [2.24, 2.45) is 46.3 Å². The molecule has 2 aliphatic heterocycles. The first-order valence-electron chi connectivity index (χ1n) is 14.0. The Labute approximate surface area is 224 Å². The summed E-state index contributed by atoms with van der Waals surface area (Å²) >= 11 is 0. The number of carbonyl (C=O) groups is 1. The number of aliphatic hydroxyl groups is 4. The highest BCUT2D eigenvalue weighted by Crippen LogP contribution is 2.73. The van der Waals surface area contributed by atoms with Gasteiger partial charge in [-0.3, -0.25) is 9.63 Å². The van der Waals surface area contributed by atoms with Crippen molar-refractivity contribution in [2.75, 3.05) is 6.61 Å². The molecule has 4 aliphatic carbocycles. The third kappa shape index (κ3) is 3.30. The Balaban J connectivity index is 1.57. The van der Waals surface area contributed by atoms with Gasteiger partial charge in [-0.05, 0) is 37.5 Å². The number of rotatable bonds is 6. The molecule has 13 atom stereocenters. The zero-order chi connectivity index (χ0) is 27.8. The Morgan fingerprint density at radius 2 is 1.87 bits per heavy atom. The highest BCUT2D eigenvalue weighted by Gasteiger charge is 2.78. The molecule has 2 spiro atoms. The van der Waals surface area contributed by atoms with Gasteiger partial charge in [-0.25, -0.2) is 0 Å². The lowest BCUT2D eigenvalue weighted by Gasteiger charge is -2.72. The van der Waals surface area contributed by atoms with E-state index in [2.05, 4.69) is 13.1 Å². The van der Waals surface area contributed by atoms with Crippen molar-refractivity contribution in [3.8, 4) is 6.19 Å². The number of fused-ring (bicyclic) bond motifs is 2. The number of aliphatic hydroxyl groups excluding tert-OH is 4. The maximum absolute atomic E-state index is 11.7. The third-order valence-corrected chi connectivity index (χ3v) is 11.7. The molecule has 2 heterocycles. The van der Waals surface area contributed by atoms with Crippen LogP contribution >= 0.6 is 0 Å². The molecule has 3 saturated carbocycles. The van der Waals surface area contributed by atoms with Gasteiger partial charge in [0.25, 0.3) is 0 Å². The lowest BCUT2D eigenvalue weighted by molar-refractivity contribution is -0.388. The molecule has 210 valence electrons. The van der Waals surface area contributed by atoms with E-state index in [1.54, 1.807) is 6.92 Å². The highest BCUT2D eigenvalue weighted by atomic mass is 16.7. The summed E-state index contributed by atoms with van der Waals surface area (Å²) in [6.45, 7) is 7.34. The summed E-state index contributed by atoms with van der Waals surface area (Å²) in [7, 11) is 0. The minimum absolute atomic E-state index is 0.0651. The first kappa shape index (κ1) is 27.6. The average Bonchev–Trinajstić information content (AvgIpc) is 3.13. The minimum Gasteiger partial charge on any atom is -0.481 e. The Morgan fingerprint density at radius 3 is 2.50 bits per heavy atom. The molecule has 0 amide bonds. The van der Waals surface area contributed by atoms with Crippen LogP contribution in [-0.4, -0.2) is 72.6 Å². The van der Waals surface area contributed by atoms with E-state index < -0.39 is 64.0 Å². The minimum atomic E-state index is -1.19. The largest absolute Gasteiger partial charge is 0.481 e. The summed E-state index contributed by atoms with van der Waals surface area (Å²) in [5.74, 6) is -3.14. The van der Waals surface area contributed by atoms with Gasteiger partial charge in [-0.15, -0.1) is 0 Å². The van der Waals surface area contributed by atoms with Gasteiger partial charge in [0.15, 0.2) is 0 Å². The molecular formula is C29H42N2O7. The number of nitriles is 1. The molecule has 38 heavy (non-hydrogen) atoms. The Hall–Kier alpha value is -1.96. The van der Waals surface area contributed by atoms with Crippen molar-refractivity contribution >= 4 is 5.97 Å². The van der Waals surface area contributed by atoms with E-state index in [0.29, 0.717) is 32.1 Å². The molecule has 6 rings (SSSR count). The number of allylic oxidation sites excluding steroid dienone is 2. The van der Waals surface area contributed by atoms with E-state index in [9.17, 15) is 35.6 Å². The number of aliphatic carboxylic acids is 1. The predicted molar refractivity (Wildman–Crippen MR) is 137 cm³/mol. The van der Waals surface area contributed by atoms with Crippen LogP contribution in [0.15, 0.2) is 24.3 Å². The van der Waals surface area contributed by atoms with E-state index in [1.807, 2.05) is 38.2 Å². The lowest BCUT2D eigenvalue weighted by Crippen LogP contribution is -2.79. The van der Waals surface area contributed by atoms with Gasteiger partial charge in [0, 0.05) is 41.6 Å². The van der Waals surface area contributed by atoms with Gasteiger partial charge in [0.2, 0.25) is 6.19 Å². The van der Waals surface area contributed by atoms with E-state index in [-0.39, 0.29) is 24.4 Å². The van der Waals surface area contributed by atoms with Gasteiger partial charge in [-0.1, -0.05) is 52.0 Å². The van der Waals surface area contributed by atoms with Gasteiger partial charge >= 0.3 is 5.97 Å². The Bertz CT molecular complexity index is 1070. The molecule has 0 aromatic carbocycles. The summed E-state index contributed by atoms with van der Waals surface area (Å²) in [4.78, 5) is 18.0.